The lowest BCUT2D eigenvalue weighted by molar-refractivity contribution is 0.460. The van der Waals surface area contributed by atoms with E-state index in [1.807, 2.05) is 12.1 Å². The fourth-order valence-electron chi connectivity index (χ4n) is 4.01. The van der Waals surface area contributed by atoms with Gasteiger partial charge in [0, 0.05) is 4.90 Å². The summed E-state index contributed by atoms with van der Waals surface area (Å²) in [4.78, 5) is 2.11. The molecular weight excluding hydrogens is 463 g/mol. The standard InChI is InChI=1S/C32H35OPS/c1-31(2,3)23-17-19-27(33)29(21-23)35-30-22-24(32(4,5)6)18-20-28(30)34(25-13-9-7-10-14-25)26-15-11-8-12-16-26/h7-22,33H,1-6H3. The summed E-state index contributed by atoms with van der Waals surface area (Å²) < 4.78 is 0. The van der Waals surface area contributed by atoms with E-state index in [9.17, 15) is 5.11 Å². The van der Waals surface area contributed by atoms with Gasteiger partial charge in [0.1, 0.15) is 5.75 Å². The summed E-state index contributed by atoms with van der Waals surface area (Å²) in [5.41, 5.74) is 2.57. The van der Waals surface area contributed by atoms with E-state index >= 15 is 0 Å². The van der Waals surface area contributed by atoms with Crippen molar-refractivity contribution in [3.8, 4) is 5.75 Å². The van der Waals surface area contributed by atoms with Crippen LogP contribution >= 0.6 is 19.7 Å². The third-order valence-corrected chi connectivity index (χ3v) is 9.90. The molecule has 0 fully saturated rings. The maximum Gasteiger partial charge on any atom is 0.129 e. The van der Waals surface area contributed by atoms with Crippen molar-refractivity contribution in [1.29, 1.82) is 0 Å². The van der Waals surface area contributed by atoms with E-state index in [0.29, 0.717) is 5.75 Å². The zero-order valence-corrected chi connectivity index (χ0v) is 23.3. The highest BCUT2D eigenvalue weighted by molar-refractivity contribution is 8.00. The van der Waals surface area contributed by atoms with Crippen molar-refractivity contribution in [2.45, 2.75) is 62.2 Å². The van der Waals surface area contributed by atoms with E-state index in [0.717, 1.165) is 4.90 Å². The molecule has 180 valence electrons. The zero-order valence-electron chi connectivity index (χ0n) is 21.5. The number of hydrogen-bond acceptors (Lipinski definition) is 2. The Morgan fingerprint density at radius 2 is 1.03 bits per heavy atom. The number of phenolic OH excluding ortho intramolecular Hbond substituents is 1. The zero-order chi connectivity index (χ0) is 25.2. The van der Waals surface area contributed by atoms with Gasteiger partial charge in [-0.1, -0.05) is 132 Å². The second kappa shape index (κ2) is 10.2. The minimum Gasteiger partial charge on any atom is -0.507 e. The van der Waals surface area contributed by atoms with Crippen molar-refractivity contribution < 1.29 is 5.11 Å². The van der Waals surface area contributed by atoms with Crippen LogP contribution in [0.5, 0.6) is 5.75 Å². The number of benzene rings is 4. The van der Waals surface area contributed by atoms with Gasteiger partial charge in [-0.15, -0.1) is 0 Å². The van der Waals surface area contributed by atoms with Crippen molar-refractivity contribution in [2.75, 3.05) is 0 Å². The SMILES string of the molecule is CC(C)(C)c1ccc(O)c(Sc2cc(C(C)(C)C)ccc2P(c2ccccc2)c2ccccc2)c1. The Hall–Kier alpha value is -2.54. The monoisotopic (exact) mass is 498 g/mol. The second-order valence-corrected chi connectivity index (χ2v) is 14.2. The van der Waals surface area contributed by atoms with Crippen LogP contribution in [0.15, 0.2) is 107 Å². The van der Waals surface area contributed by atoms with Gasteiger partial charge < -0.3 is 5.11 Å². The first kappa shape index (κ1) is 25.5. The maximum atomic E-state index is 10.8. The fraction of sp³-hybridized carbons (Fsp3) is 0.250. The molecule has 0 heterocycles. The fourth-order valence-corrected chi connectivity index (χ4v) is 7.68. The molecule has 0 amide bonds. The number of aromatic hydroxyl groups is 1. The molecule has 0 radical (unpaired) electrons. The highest BCUT2D eigenvalue weighted by Gasteiger charge is 2.24. The smallest absolute Gasteiger partial charge is 0.129 e. The lowest BCUT2D eigenvalue weighted by Crippen LogP contribution is -2.23. The van der Waals surface area contributed by atoms with Crippen molar-refractivity contribution in [3.63, 3.8) is 0 Å². The average Bonchev–Trinajstić information content (AvgIpc) is 2.81. The summed E-state index contributed by atoms with van der Waals surface area (Å²) in [6.07, 6.45) is 0. The molecule has 1 nitrogen and oxygen atoms in total. The van der Waals surface area contributed by atoms with Crippen LogP contribution < -0.4 is 15.9 Å². The van der Waals surface area contributed by atoms with Gasteiger partial charge in [0.2, 0.25) is 0 Å². The predicted molar refractivity (Wildman–Crippen MR) is 155 cm³/mol. The summed E-state index contributed by atoms with van der Waals surface area (Å²) in [7, 11) is -0.754. The van der Waals surface area contributed by atoms with Crippen molar-refractivity contribution in [1.82, 2.24) is 0 Å². The molecule has 0 aromatic heterocycles. The van der Waals surface area contributed by atoms with Gasteiger partial charge in [0.15, 0.2) is 0 Å². The predicted octanol–water partition coefficient (Wildman–Crippen LogP) is 7.90. The molecule has 3 heteroatoms. The molecule has 0 unspecified atom stereocenters. The molecule has 0 aliphatic carbocycles. The summed E-state index contributed by atoms with van der Waals surface area (Å²) >= 11 is 1.69. The van der Waals surface area contributed by atoms with Gasteiger partial charge in [-0.3, -0.25) is 0 Å². The first-order valence-corrected chi connectivity index (χ1v) is 14.3. The first-order chi connectivity index (χ1) is 16.5. The molecule has 0 spiro atoms. The molecule has 4 aromatic rings. The lowest BCUT2D eigenvalue weighted by atomic mass is 9.87. The molecule has 0 aliphatic heterocycles. The number of phenols is 1. The van der Waals surface area contributed by atoms with Crippen LogP contribution in [0.2, 0.25) is 0 Å². The lowest BCUT2D eigenvalue weighted by Gasteiger charge is -2.26. The van der Waals surface area contributed by atoms with Gasteiger partial charge in [0.05, 0.1) is 4.90 Å². The molecule has 0 atom stereocenters. The Balaban J connectivity index is 1.91. The minimum atomic E-state index is -0.754. The molecular formula is C32H35OPS. The molecule has 4 aromatic carbocycles. The Morgan fingerprint density at radius 1 is 0.571 bits per heavy atom. The Morgan fingerprint density at radius 3 is 1.51 bits per heavy atom. The summed E-state index contributed by atoms with van der Waals surface area (Å²) in [5.74, 6) is 0.332. The van der Waals surface area contributed by atoms with Crippen LogP contribution in [-0.2, 0) is 10.8 Å². The van der Waals surface area contributed by atoms with Crippen LogP contribution in [0.25, 0.3) is 0 Å². The van der Waals surface area contributed by atoms with Crippen molar-refractivity contribution in [3.05, 3.63) is 108 Å². The van der Waals surface area contributed by atoms with E-state index in [-0.39, 0.29) is 10.8 Å². The summed E-state index contributed by atoms with van der Waals surface area (Å²) in [5, 5.41) is 14.8. The van der Waals surface area contributed by atoms with Gasteiger partial charge in [0.25, 0.3) is 0 Å². The third kappa shape index (κ3) is 6.00. The normalized spacial score (nSPS) is 12.2. The van der Waals surface area contributed by atoms with E-state index in [2.05, 4.69) is 126 Å². The van der Waals surface area contributed by atoms with Gasteiger partial charge in [-0.05, 0) is 64.0 Å². The topological polar surface area (TPSA) is 20.2 Å². The average molecular weight is 499 g/mol. The van der Waals surface area contributed by atoms with E-state index in [1.54, 1.807) is 11.8 Å². The molecule has 0 bridgehead atoms. The van der Waals surface area contributed by atoms with E-state index < -0.39 is 7.92 Å². The first-order valence-electron chi connectivity index (χ1n) is 12.1. The Labute approximate surface area is 216 Å². The van der Waals surface area contributed by atoms with Crippen molar-refractivity contribution in [2.24, 2.45) is 0 Å². The molecule has 0 aliphatic rings. The molecule has 0 saturated carbocycles. The van der Waals surface area contributed by atoms with Crippen LogP contribution in [0.4, 0.5) is 0 Å². The number of rotatable bonds is 5. The van der Waals surface area contributed by atoms with Crippen molar-refractivity contribution >= 4 is 35.6 Å². The van der Waals surface area contributed by atoms with Gasteiger partial charge in [-0.2, -0.15) is 0 Å². The Kier molecular flexibility index (Phi) is 7.46. The van der Waals surface area contributed by atoms with Gasteiger partial charge >= 0.3 is 0 Å². The van der Waals surface area contributed by atoms with E-state index in [1.165, 1.54) is 31.9 Å². The van der Waals surface area contributed by atoms with Crippen LogP contribution in [-0.4, -0.2) is 5.11 Å². The third-order valence-electron chi connectivity index (χ3n) is 6.14. The van der Waals surface area contributed by atoms with Crippen LogP contribution in [0, 0.1) is 0 Å². The maximum absolute atomic E-state index is 10.8. The molecule has 1 N–H and O–H groups in total. The van der Waals surface area contributed by atoms with Crippen LogP contribution in [0.1, 0.15) is 52.7 Å². The largest absolute Gasteiger partial charge is 0.507 e. The second-order valence-electron chi connectivity index (χ2n) is 11.0. The summed E-state index contributed by atoms with van der Waals surface area (Å²) in [6.45, 7) is 13.4. The van der Waals surface area contributed by atoms with Gasteiger partial charge in [-0.25, -0.2) is 0 Å². The molecule has 0 saturated heterocycles. The quantitative estimate of drug-likeness (QED) is 0.282. The van der Waals surface area contributed by atoms with E-state index in [4.69, 9.17) is 0 Å². The summed E-state index contributed by atoms with van der Waals surface area (Å²) in [6, 6.07) is 34.6. The molecule has 4 rings (SSSR count). The number of hydrogen-bond donors (Lipinski definition) is 1. The van der Waals surface area contributed by atoms with Crippen LogP contribution in [0.3, 0.4) is 0 Å². The minimum absolute atomic E-state index is 0.0137. The highest BCUT2D eigenvalue weighted by atomic mass is 32.2. The highest BCUT2D eigenvalue weighted by Crippen LogP contribution is 2.43. The molecule has 35 heavy (non-hydrogen) atoms. The Bertz CT molecular complexity index is 1250.